The molecule has 2 heterocycles. The minimum absolute atomic E-state index is 0.0774. The standard InChI is InChI=1S/C14H24N2O3S/c1-2-3-14(4-6-15-7-5-14)13(19)16-8-9-20-10-11(16)12(17)18/h11,15H,2-10H2,1H3,(H,17,18). The van der Waals surface area contributed by atoms with Crippen molar-refractivity contribution in [2.75, 3.05) is 31.1 Å². The number of carboxylic acid groups (broad SMARTS) is 1. The highest BCUT2D eigenvalue weighted by Gasteiger charge is 2.44. The molecule has 1 atom stereocenters. The fourth-order valence-electron chi connectivity index (χ4n) is 3.31. The first-order valence-corrected chi connectivity index (χ1v) is 8.58. The van der Waals surface area contributed by atoms with E-state index in [2.05, 4.69) is 12.2 Å². The third-order valence-corrected chi connectivity index (χ3v) is 5.44. The van der Waals surface area contributed by atoms with Gasteiger partial charge in [-0.05, 0) is 32.4 Å². The van der Waals surface area contributed by atoms with Gasteiger partial charge in [0.15, 0.2) is 0 Å². The monoisotopic (exact) mass is 300 g/mol. The molecular weight excluding hydrogens is 276 g/mol. The van der Waals surface area contributed by atoms with Crippen LogP contribution in [-0.4, -0.2) is 59.1 Å². The SMILES string of the molecule is CCCC1(C(=O)N2CCSCC2C(=O)O)CCNCC1. The maximum atomic E-state index is 13.0. The van der Waals surface area contributed by atoms with Crippen LogP contribution >= 0.6 is 11.8 Å². The lowest BCUT2D eigenvalue weighted by atomic mass is 9.74. The smallest absolute Gasteiger partial charge is 0.327 e. The number of rotatable bonds is 4. The molecule has 0 aromatic carbocycles. The van der Waals surface area contributed by atoms with Gasteiger partial charge < -0.3 is 15.3 Å². The number of nitrogens with one attached hydrogen (secondary N) is 1. The number of carbonyl (C=O) groups is 2. The van der Waals surface area contributed by atoms with E-state index in [1.54, 1.807) is 16.7 Å². The summed E-state index contributed by atoms with van der Waals surface area (Å²) >= 11 is 1.62. The predicted octanol–water partition coefficient (Wildman–Crippen LogP) is 1.18. The Bertz CT molecular complexity index is 364. The second-order valence-electron chi connectivity index (χ2n) is 5.71. The van der Waals surface area contributed by atoms with Gasteiger partial charge in [0, 0.05) is 18.1 Å². The van der Waals surface area contributed by atoms with Crippen LogP contribution in [0.2, 0.25) is 0 Å². The lowest BCUT2D eigenvalue weighted by molar-refractivity contribution is -0.155. The summed E-state index contributed by atoms with van der Waals surface area (Å²) in [5.41, 5.74) is -0.338. The molecule has 0 aliphatic carbocycles. The van der Waals surface area contributed by atoms with Gasteiger partial charge in [-0.2, -0.15) is 11.8 Å². The third-order valence-electron chi connectivity index (χ3n) is 4.42. The van der Waals surface area contributed by atoms with Gasteiger partial charge in [-0.3, -0.25) is 4.79 Å². The molecule has 0 saturated carbocycles. The Balaban J connectivity index is 2.18. The number of hydrogen-bond donors (Lipinski definition) is 2. The van der Waals surface area contributed by atoms with Crippen molar-refractivity contribution < 1.29 is 14.7 Å². The van der Waals surface area contributed by atoms with E-state index in [1.165, 1.54) is 0 Å². The lowest BCUT2D eigenvalue weighted by Crippen LogP contribution is -2.57. The van der Waals surface area contributed by atoms with E-state index in [0.717, 1.165) is 44.5 Å². The minimum Gasteiger partial charge on any atom is -0.480 e. The molecule has 2 N–H and O–H groups in total. The van der Waals surface area contributed by atoms with Crippen LogP contribution in [0.1, 0.15) is 32.6 Å². The number of piperidine rings is 1. The molecule has 0 aromatic rings. The van der Waals surface area contributed by atoms with Crippen LogP contribution in [-0.2, 0) is 9.59 Å². The third kappa shape index (κ3) is 3.11. The van der Waals surface area contributed by atoms with Gasteiger partial charge in [0.05, 0.1) is 5.41 Å². The number of aliphatic carboxylic acids is 1. The molecule has 0 spiro atoms. The lowest BCUT2D eigenvalue weighted by Gasteiger charge is -2.43. The van der Waals surface area contributed by atoms with Gasteiger partial charge >= 0.3 is 5.97 Å². The largest absolute Gasteiger partial charge is 0.480 e. The number of carboxylic acids is 1. The van der Waals surface area contributed by atoms with Crippen LogP contribution in [0.25, 0.3) is 0 Å². The minimum atomic E-state index is -0.869. The predicted molar refractivity (Wildman–Crippen MR) is 79.9 cm³/mol. The molecule has 2 saturated heterocycles. The van der Waals surface area contributed by atoms with Crippen molar-refractivity contribution in [2.45, 2.75) is 38.6 Å². The van der Waals surface area contributed by atoms with E-state index in [-0.39, 0.29) is 11.3 Å². The number of amides is 1. The van der Waals surface area contributed by atoms with E-state index in [1.807, 2.05) is 0 Å². The molecule has 1 unspecified atom stereocenters. The summed E-state index contributed by atoms with van der Waals surface area (Å²) in [6, 6.07) is -0.648. The number of thioether (sulfide) groups is 1. The van der Waals surface area contributed by atoms with Crippen LogP contribution < -0.4 is 5.32 Å². The first kappa shape index (κ1) is 15.6. The first-order valence-electron chi connectivity index (χ1n) is 7.43. The quantitative estimate of drug-likeness (QED) is 0.816. The Morgan fingerprint density at radius 1 is 1.40 bits per heavy atom. The molecule has 20 heavy (non-hydrogen) atoms. The summed E-state index contributed by atoms with van der Waals surface area (Å²) in [5.74, 6) is 0.567. The Labute approximate surface area is 124 Å². The first-order chi connectivity index (χ1) is 9.60. The summed E-state index contributed by atoms with van der Waals surface area (Å²) in [7, 11) is 0. The molecule has 5 nitrogen and oxygen atoms in total. The normalized spacial score (nSPS) is 26.2. The number of carbonyl (C=O) groups excluding carboxylic acids is 1. The molecule has 0 bridgehead atoms. The van der Waals surface area contributed by atoms with Crippen molar-refractivity contribution >= 4 is 23.6 Å². The molecule has 2 aliphatic heterocycles. The molecule has 6 heteroatoms. The van der Waals surface area contributed by atoms with Crippen molar-refractivity contribution in [1.29, 1.82) is 0 Å². The van der Waals surface area contributed by atoms with Crippen LogP contribution in [0.5, 0.6) is 0 Å². The van der Waals surface area contributed by atoms with E-state index in [9.17, 15) is 14.7 Å². The van der Waals surface area contributed by atoms with Gasteiger partial charge in [-0.25, -0.2) is 4.79 Å². The molecular formula is C14H24N2O3S. The van der Waals surface area contributed by atoms with E-state index in [0.29, 0.717) is 12.3 Å². The van der Waals surface area contributed by atoms with Gasteiger partial charge in [0.2, 0.25) is 5.91 Å². The maximum Gasteiger partial charge on any atom is 0.327 e. The average Bonchev–Trinajstić information content (AvgIpc) is 2.47. The van der Waals surface area contributed by atoms with Crippen LogP contribution in [0.4, 0.5) is 0 Å². The van der Waals surface area contributed by atoms with Gasteiger partial charge in [-0.1, -0.05) is 13.3 Å². The van der Waals surface area contributed by atoms with Crippen LogP contribution in [0.15, 0.2) is 0 Å². The topological polar surface area (TPSA) is 69.6 Å². The van der Waals surface area contributed by atoms with E-state index in [4.69, 9.17) is 0 Å². The van der Waals surface area contributed by atoms with E-state index < -0.39 is 12.0 Å². The summed E-state index contributed by atoms with van der Waals surface area (Å²) in [6.07, 6.45) is 3.49. The van der Waals surface area contributed by atoms with Crippen molar-refractivity contribution in [3.05, 3.63) is 0 Å². The number of nitrogens with zero attached hydrogens (tertiary/aromatic N) is 1. The average molecular weight is 300 g/mol. The van der Waals surface area contributed by atoms with Crippen molar-refractivity contribution in [3.8, 4) is 0 Å². The van der Waals surface area contributed by atoms with Gasteiger partial charge in [0.25, 0.3) is 0 Å². The Hall–Kier alpha value is -0.750. The fourth-order valence-corrected chi connectivity index (χ4v) is 4.35. The zero-order valence-corrected chi connectivity index (χ0v) is 12.9. The van der Waals surface area contributed by atoms with Crippen molar-refractivity contribution in [3.63, 3.8) is 0 Å². The highest BCUT2D eigenvalue weighted by atomic mass is 32.2. The molecule has 2 rings (SSSR count). The maximum absolute atomic E-state index is 13.0. The van der Waals surface area contributed by atoms with E-state index >= 15 is 0 Å². The summed E-state index contributed by atoms with van der Waals surface area (Å²) in [6.45, 7) is 4.37. The molecule has 1 amide bonds. The fraction of sp³-hybridized carbons (Fsp3) is 0.857. The molecule has 2 aliphatic rings. The Kier molecular flexibility index (Phi) is 5.32. The highest BCUT2D eigenvalue weighted by Crippen LogP contribution is 2.37. The Morgan fingerprint density at radius 3 is 2.70 bits per heavy atom. The van der Waals surface area contributed by atoms with Crippen LogP contribution in [0, 0.1) is 5.41 Å². The van der Waals surface area contributed by atoms with Gasteiger partial charge in [-0.15, -0.1) is 0 Å². The summed E-state index contributed by atoms with van der Waals surface area (Å²) < 4.78 is 0. The molecule has 0 aromatic heterocycles. The van der Waals surface area contributed by atoms with Crippen molar-refractivity contribution in [1.82, 2.24) is 10.2 Å². The molecule has 114 valence electrons. The zero-order valence-electron chi connectivity index (χ0n) is 12.1. The summed E-state index contributed by atoms with van der Waals surface area (Å²) in [5, 5.41) is 12.6. The molecule has 2 fully saturated rings. The second kappa shape index (κ2) is 6.80. The zero-order chi connectivity index (χ0) is 14.6. The van der Waals surface area contributed by atoms with Crippen molar-refractivity contribution in [2.24, 2.45) is 5.41 Å². The Morgan fingerprint density at radius 2 is 2.10 bits per heavy atom. The molecule has 0 radical (unpaired) electrons. The highest BCUT2D eigenvalue weighted by molar-refractivity contribution is 7.99. The van der Waals surface area contributed by atoms with Crippen LogP contribution in [0.3, 0.4) is 0 Å². The van der Waals surface area contributed by atoms with Gasteiger partial charge in [0.1, 0.15) is 6.04 Å². The number of hydrogen-bond acceptors (Lipinski definition) is 4. The summed E-state index contributed by atoms with van der Waals surface area (Å²) in [4.78, 5) is 26.0. The second-order valence-corrected chi connectivity index (χ2v) is 6.86.